The van der Waals surface area contributed by atoms with Gasteiger partial charge in [0, 0.05) is 0 Å². The Balaban J connectivity index is 2.82. The molecule has 0 fully saturated rings. The first-order valence-electron chi connectivity index (χ1n) is 3.07. The van der Waals surface area contributed by atoms with Crippen LogP contribution >= 0.6 is 0 Å². The van der Waals surface area contributed by atoms with Crippen LogP contribution in [0.3, 0.4) is 0 Å². The van der Waals surface area contributed by atoms with E-state index in [0.717, 1.165) is 12.7 Å². The van der Waals surface area contributed by atoms with E-state index in [0.29, 0.717) is 0 Å². The van der Waals surface area contributed by atoms with E-state index in [9.17, 15) is 0 Å². The van der Waals surface area contributed by atoms with Gasteiger partial charge in [-0.1, -0.05) is 0 Å². The first kappa shape index (κ1) is 7.57. The second-order valence-electron chi connectivity index (χ2n) is 1.79. The van der Waals surface area contributed by atoms with Crippen LogP contribution in [-0.4, -0.2) is 7.07 Å². The molecule has 44 valence electrons. The molecule has 0 rings (SSSR count). The summed E-state index contributed by atoms with van der Waals surface area (Å²) >= 11 is 0. The molecule has 0 heterocycles. The third-order valence-corrected chi connectivity index (χ3v) is 1.02. The maximum absolute atomic E-state index is 7.94. The van der Waals surface area contributed by atoms with E-state index in [1.165, 1.54) is 19.9 Å². The van der Waals surface area contributed by atoms with Gasteiger partial charge in [-0.2, -0.15) is 0 Å². The van der Waals surface area contributed by atoms with Crippen molar-refractivity contribution >= 4 is 7.07 Å². The minimum absolute atomic E-state index is 0.907. The van der Waals surface area contributed by atoms with Gasteiger partial charge in [0.15, 0.2) is 0 Å². The van der Waals surface area contributed by atoms with Crippen LogP contribution in [0.4, 0.5) is 0 Å². The van der Waals surface area contributed by atoms with Crippen LogP contribution in [0.5, 0.6) is 0 Å². The molecule has 0 atom stereocenters. The summed E-state index contributed by atoms with van der Waals surface area (Å²) < 4.78 is 2.88. The van der Waals surface area contributed by atoms with Crippen LogP contribution in [0.2, 0.25) is 6.32 Å². The zero-order chi connectivity index (χ0) is 6.24. The van der Waals surface area contributed by atoms with Gasteiger partial charge in [0.25, 0.3) is 0 Å². The molecular formula is C5H11BN2. The molecule has 3 heteroatoms. The van der Waals surface area contributed by atoms with Crippen molar-refractivity contribution in [2.24, 2.45) is 0 Å². The summed E-state index contributed by atoms with van der Waals surface area (Å²) in [6.07, 6.45) is 4.50. The van der Waals surface area contributed by atoms with E-state index >= 15 is 0 Å². The van der Waals surface area contributed by atoms with Crippen molar-refractivity contribution in [2.75, 3.05) is 0 Å². The van der Waals surface area contributed by atoms with Gasteiger partial charge in [-0.15, -0.1) is 0 Å². The second kappa shape index (κ2) is 6.57. The maximum atomic E-state index is 7.94. The minimum atomic E-state index is 0.907. The Labute approximate surface area is 50.8 Å². The fraction of sp³-hybridized carbons (Fsp3) is 1.00. The van der Waals surface area contributed by atoms with Crippen molar-refractivity contribution in [3.05, 3.63) is 5.53 Å². The number of hydrogen-bond acceptors (Lipinski definition) is 0. The molecular weight excluding hydrogens is 98.9 g/mol. The van der Waals surface area contributed by atoms with Crippen LogP contribution in [0.25, 0.3) is 5.53 Å². The number of unbranched alkanes of at least 4 members (excludes halogenated alkanes) is 2. The van der Waals surface area contributed by atoms with E-state index in [1.807, 2.05) is 0 Å². The Morgan fingerprint density at radius 3 is 2.75 bits per heavy atom. The predicted octanol–water partition coefficient (Wildman–Crippen LogP) is 1.57. The summed E-state index contributed by atoms with van der Waals surface area (Å²) in [5, 5.41) is 0. The number of rotatable bonds is 4. The molecule has 0 aromatic carbocycles. The summed E-state index contributed by atoms with van der Waals surface area (Å²) in [6, 6.07) is 0. The monoisotopic (exact) mass is 110 g/mol. The predicted molar refractivity (Wildman–Crippen MR) is 35.6 cm³/mol. The molecule has 0 amide bonds. The molecule has 0 aliphatic rings. The van der Waals surface area contributed by atoms with E-state index < -0.39 is 0 Å². The molecule has 0 aromatic heterocycles. The fourth-order valence-electron chi connectivity index (χ4n) is 0.543. The molecule has 8 heavy (non-hydrogen) atoms. The van der Waals surface area contributed by atoms with Gasteiger partial charge in [0.2, 0.25) is 0 Å². The Morgan fingerprint density at radius 1 is 1.50 bits per heavy atom. The zero-order valence-electron chi connectivity index (χ0n) is 5.30. The molecule has 2 nitrogen and oxygen atoms in total. The molecule has 0 aliphatic heterocycles. The SMILES string of the molecule is CCCCCB=[N+]=[N-]. The van der Waals surface area contributed by atoms with E-state index in [4.69, 9.17) is 5.53 Å². The third kappa shape index (κ3) is 5.57. The number of hydrogen-bond donors (Lipinski definition) is 0. The summed E-state index contributed by atoms with van der Waals surface area (Å²) in [5.74, 6) is 0. The average Bonchev–Trinajstić information content (AvgIpc) is 1.81. The van der Waals surface area contributed by atoms with Crippen molar-refractivity contribution in [1.82, 2.24) is 4.69 Å². The molecule has 0 bridgehead atoms. The summed E-state index contributed by atoms with van der Waals surface area (Å²) in [6.45, 7) is 2.15. The number of nitrogens with zero attached hydrogens (tertiary/aromatic N) is 2. The molecule has 0 saturated carbocycles. The van der Waals surface area contributed by atoms with Gasteiger partial charge in [-0.25, -0.2) is 0 Å². The molecule has 0 aliphatic carbocycles. The first-order valence-corrected chi connectivity index (χ1v) is 3.07. The zero-order valence-corrected chi connectivity index (χ0v) is 5.30. The van der Waals surface area contributed by atoms with Crippen molar-refractivity contribution in [2.45, 2.75) is 32.5 Å². The van der Waals surface area contributed by atoms with Crippen LogP contribution in [0, 0.1) is 0 Å². The van der Waals surface area contributed by atoms with Gasteiger partial charge in [0.1, 0.15) is 0 Å². The van der Waals surface area contributed by atoms with E-state index in [1.54, 1.807) is 0 Å². The summed E-state index contributed by atoms with van der Waals surface area (Å²) in [5.41, 5.74) is 7.94. The normalized spacial score (nSPS) is 7.62. The van der Waals surface area contributed by atoms with Crippen molar-refractivity contribution in [3.8, 4) is 0 Å². The topological polar surface area (TPSA) is 36.4 Å². The van der Waals surface area contributed by atoms with Crippen LogP contribution < -0.4 is 4.69 Å². The summed E-state index contributed by atoms with van der Waals surface area (Å²) in [4.78, 5) is 0. The van der Waals surface area contributed by atoms with Crippen LogP contribution in [-0.2, 0) is 0 Å². The fourth-order valence-corrected chi connectivity index (χ4v) is 0.543. The van der Waals surface area contributed by atoms with E-state index in [2.05, 4.69) is 11.6 Å². The molecule has 0 N–H and O–H groups in total. The van der Waals surface area contributed by atoms with Crippen molar-refractivity contribution in [1.29, 1.82) is 0 Å². The van der Waals surface area contributed by atoms with Crippen LogP contribution in [0.1, 0.15) is 26.2 Å². The quantitative estimate of drug-likeness (QED) is 0.228. The summed E-state index contributed by atoms with van der Waals surface area (Å²) in [7, 11) is 1.54. The molecule has 0 aromatic rings. The Kier molecular flexibility index (Phi) is 6.23. The molecule has 0 spiro atoms. The van der Waals surface area contributed by atoms with Gasteiger partial charge in [-0.3, -0.25) is 0 Å². The first-order chi connectivity index (χ1) is 3.91. The van der Waals surface area contributed by atoms with Gasteiger partial charge < -0.3 is 0 Å². The van der Waals surface area contributed by atoms with Gasteiger partial charge in [0.05, 0.1) is 0 Å². The third-order valence-electron chi connectivity index (χ3n) is 1.02. The van der Waals surface area contributed by atoms with Gasteiger partial charge in [-0.05, 0) is 0 Å². The Hall–Kier alpha value is -0.425. The Morgan fingerprint density at radius 2 is 2.25 bits per heavy atom. The van der Waals surface area contributed by atoms with E-state index in [-0.39, 0.29) is 0 Å². The molecule has 0 radical (unpaired) electrons. The van der Waals surface area contributed by atoms with Crippen molar-refractivity contribution < 1.29 is 0 Å². The molecule has 0 saturated heterocycles. The average molecular weight is 110 g/mol. The Bertz CT molecular complexity index is 86.4. The standard InChI is InChI=1S/C5H11BN2/c1-2-3-4-5-6-8-7/h2-5H2,1H3. The molecule has 0 unspecified atom stereocenters. The van der Waals surface area contributed by atoms with Gasteiger partial charge >= 0.3 is 49.8 Å². The van der Waals surface area contributed by atoms with Crippen LogP contribution in [0.15, 0.2) is 0 Å². The second-order valence-corrected chi connectivity index (χ2v) is 1.79. The van der Waals surface area contributed by atoms with Crippen molar-refractivity contribution in [3.63, 3.8) is 0 Å².